The van der Waals surface area contributed by atoms with E-state index in [0.717, 1.165) is 5.56 Å². The highest BCUT2D eigenvalue weighted by Crippen LogP contribution is 2.23. The molecule has 1 aliphatic rings. The van der Waals surface area contributed by atoms with Crippen molar-refractivity contribution in [2.24, 2.45) is 5.92 Å². The predicted molar refractivity (Wildman–Crippen MR) is 102 cm³/mol. The number of carbonyl (C=O) groups is 2. The second-order valence-corrected chi connectivity index (χ2v) is 7.83. The van der Waals surface area contributed by atoms with Crippen LogP contribution in [0.1, 0.15) is 39.5 Å². The molecule has 0 spiro atoms. The molecule has 3 rings (SSSR count). The average molecular weight is 386 g/mol. The van der Waals surface area contributed by atoms with Crippen molar-refractivity contribution in [2.75, 3.05) is 13.1 Å². The van der Waals surface area contributed by atoms with Gasteiger partial charge in [-0.15, -0.1) is 0 Å². The van der Waals surface area contributed by atoms with Gasteiger partial charge in [-0.05, 0) is 33.6 Å². The first kappa shape index (κ1) is 19.9. The maximum atomic E-state index is 12.3. The Hall–Kier alpha value is -2.83. The van der Waals surface area contributed by atoms with Crippen LogP contribution in [0.15, 0.2) is 40.9 Å². The normalized spacial score (nSPS) is 15.3. The lowest BCUT2D eigenvalue weighted by Crippen LogP contribution is -2.43. The largest absolute Gasteiger partial charge is 0.455 e. The number of piperidine rings is 1. The minimum Gasteiger partial charge on any atom is -0.455 e. The van der Waals surface area contributed by atoms with Gasteiger partial charge in [0.1, 0.15) is 5.60 Å². The van der Waals surface area contributed by atoms with Crippen LogP contribution in [0.2, 0.25) is 0 Å². The molecule has 150 valence electrons. The summed E-state index contributed by atoms with van der Waals surface area (Å²) in [5.41, 5.74) is 0.392. The lowest BCUT2D eigenvalue weighted by Gasteiger charge is -2.32. The molecule has 28 heavy (non-hydrogen) atoms. The minimum absolute atomic E-state index is 0.00204. The summed E-state index contributed by atoms with van der Waals surface area (Å²) in [6.45, 7) is 6.46. The molecule has 7 nitrogen and oxygen atoms in total. The van der Waals surface area contributed by atoms with Gasteiger partial charge in [0.15, 0.2) is 12.4 Å². The van der Waals surface area contributed by atoms with Gasteiger partial charge in [0, 0.05) is 18.7 Å². The first-order chi connectivity index (χ1) is 13.3. The summed E-state index contributed by atoms with van der Waals surface area (Å²) in [5.74, 6) is 0.473. The number of ether oxygens (including phenoxy) is 2. The van der Waals surface area contributed by atoms with Crippen LogP contribution in [0.25, 0.3) is 11.3 Å². The second-order valence-electron chi connectivity index (χ2n) is 7.83. The van der Waals surface area contributed by atoms with Crippen molar-refractivity contribution in [2.45, 2.75) is 45.8 Å². The molecule has 2 aromatic rings. The molecule has 0 bridgehead atoms. The van der Waals surface area contributed by atoms with Gasteiger partial charge in [0.2, 0.25) is 5.89 Å². The predicted octanol–water partition coefficient (Wildman–Crippen LogP) is 4.03. The Bertz CT molecular complexity index is 802. The van der Waals surface area contributed by atoms with Crippen molar-refractivity contribution in [1.29, 1.82) is 0 Å². The van der Waals surface area contributed by atoms with E-state index in [9.17, 15) is 9.59 Å². The van der Waals surface area contributed by atoms with E-state index in [4.69, 9.17) is 13.9 Å². The van der Waals surface area contributed by atoms with Gasteiger partial charge in [-0.3, -0.25) is 4.79 Å². The Morgan fingerprint density at radius 2 is 1.86 bits per heavy atom. The van der Waals surface area contributed by atoms with Crippen molar-refractivity contribution in [3.8, 4) is 11.3 Å². The summed E-state index contributed by atoms with van der Waals surface area (Å²) in [6, 6.07) is 9.61. The maximum absolute atomic E-state index is 12.3. The molecule has 1 saturated heterocycles. The van der Waals surface area contributed by atoms with E-state index in [-0.39, 0.29) is 24.6 Å². The molecule has 0 saturated carbocycles. The monoisotopic (exact) mass is 386 g/mol. The molecule has 0 unspecified atom stereocenters. The van der Waals surface area contributed by atoms with Crippen LogP contribution < -0.4 is 0 Å². The molecule has 1 aromatic carbocycles. The molecule has 1 fully saturated rings. The molecule has 0 N–H and O–H groups in total. The van der Waals surface area contributed by atoms with Gasteiger partial charge >= 0.3 is 12.1 Å². The van der Waals surface area contributed by atoms with Crippen molar-refractivity contribution < 1.29 is 23.5 Å². The number of aromatic nitrogens is 1. The van der Waals surface area contributed by atoms with Crippen LogP contribution in [0, 0.1) is 5.92 Å². The van der Waals surface area contributed by atoms with E-state index in [1.807, 2.05) is 51.1 Å². The van der Waals surface area contributed by atoms with Crippen molar-refractivity contribution in [1.82, 2.24) is 9.88 Å². The highest BCUT2D eigenvalue weighted by molar-refractivity contribution is 5.73. The number of esters is 1. The molecule has 1 aromatic heterocycles. The van der Waals surface area contributed by atoms with Gasteiger partial charge in [-0.2, -0.15) is 0 Å². The van der Waals surface area contributed by atoms with E-state index in [0.29, 0.717) is 37.6 Å². The number of benzene rings is 1. The zero-order chi connectivity index (χ0) is 20.1. The van der Waals surface area contributed by atoms with E-state index in [1.165, 1.54) is 0 Å². The summed E-state index contributed by atoms with van der Waals surface area (Å²) < 4.78 is 16.4. The molecule has 7 heteroatoms. The van der Waals surface area contributed by atoms with E-state index in [2.05, 4.69) is 4.98 Å². The number of oxazole rings is 1. The summed E-state index contributed by atoms with van der Waals surface area (Å²) in [5, 5.41) is 0. The summed E-state index contributed by atoms with van der Waals surface area (Å²) in [7, 11) is 0. The summed E-state index contributed by atoms with van der Waals surface area (Å²) in [6.07, 6.45) is 2.39. The summed E-state index contributed by atoms with van der Waals surface area (Å²) in [4.78, 5) is 30.2. The van der Waals surface area contributed by atoms with Crippen molar-refractivity contribution >= 4 is 12.1 Å². The van der Waals surface area contributed by atoms with Gasteiger partial charge in [-0.1, -0.05) is 30.3 Å². The third-order valence-corrected chi connectivity index (χ3v) is 4.43. The van der Waals surface area contributed by atoms with Crippen molar-refractivity contribution in [3.05, 3.63) is 42.4 Å². The lowest BCUT2D eigenvalue weighted by atomic mass is 9.97. The number of nitrogens with zero attached hydrogens (tertiary/aromatic N) is 2. The van der Waals surface area contributed by atoms with Crippen molar-refractivity contribution in [3.63, 3.8) is 0 Å². The van der Waals surface area contributed by atoms with Gasteiger partial charge in [0.05, 0.1) is 12.1 Å². The second kappa shape index (κ2) is 8.46. The highest BCUT2D eigenvalue weighted by atomic mass is 16.6. The fraction of sp³-hybridized carbons (Fsp3) is 0.476. The first-order valence-electron chi connectivity index (χ1n) is 9.46. The standard InChI is InChI=1S/C21H26N2O5/c1-21(2,3)28-20(25)23-11-9-16(10-12-23)19(24)26-14-18-22-13-17(27-18)15-7-5-4-6-8-15/h4-8,13,16H,9-12,14H2,1-3H3. The zero-order valence-electron chi connectivity index (χ0n) is 16.5. The van der Waals surface area contributed by atoms with Crippen LogP contribution >= 0.6 is 0 Å². The first-order valence-corrected chi connectivity index (χ1v) is 9.46. The van der Waals surface area contributed by atoms with Gasteiger partial charge in [0.25, 0.3) is 0 Å². The number of rotatable bonds is 4. The topological polar surface area (TPSA) is 81.9 Å². The molecule has 1 aliphatic heterocycles. The quantitative estimate of drug-likeness (QED) is 0.738. The van der Waals surface area contributed by atoms with Crippen LogP contribution in [-0.2, 0) is 20.9 Å². The Balaban J connectivity index is 1.45. The zero-order valence-corrected chi connectivity index (χ0v) is 16.5. The minimum atomic E-state index is -0.526. The Labute approximate surface area is 164 Å². The number of hydrogen-bond donors (Lipinski definition) is 0. The average Bonchev–Trinajstić information content (AvgIpc) is 3.15. The van der Waals surface area contributed by atoms with Gasteiger partial charge in [-0.25, -0.2) is 9.78 Å². The van der Waals surface area contributed by atoms with E-state index >= 15 is 0 Å². The number of likely N-dealkylation sites (tertiary alicyclic amines) is 1. The van der Waals surface area contributed by atoms with Crippen LogP contribution in [0.3, 0.4) is 0 Å². The van der Waals surface area contributed by atoms with E-state index in [1.54, 1.807) is 11.1 Å². The molecule has 2 heterocycles. The molecule has 1 amide bonds. The number of carbonyl (C=O) groups excluding carboxylic acids is 2. The summed E-state index contributed by atoms with van der Waals surface area (Å²) >= 11 is 0. The molecular formula is C21H26N2O5. The Kier molecular flexibility index (Phi) is 6.02. The Morgan fingerprint density at radius 3 is 2.50 bits per heavy atom. The molecule has 0 radical (unpaired) electrons. The van der Waals surface area contributed by atoms with E-state index < -0.39 is 5.60 Å². The molecular weight excluding hydrogens is 360 g/mol. The number of amides is 1. The lowest BCUT2D eigenvalue weighted by molar-refractivity contribution is -0.152. The SMILES string of the molecule is CC(C)(C)OC(=O)N1CCC(C(=O)OCc2ncc(-c3ccccc3)o2)CC1. The maximum Gasteiger partial charge on any atom is 0.410 e. The van der Waals surface area contributed by atoms with Crippen LogP contribution in [-0.4, -0.2) is 40.6 Å². The molecule has 0 aliphatic carbocycles. The van der Waals surface area contributed by atoms with Gasteiger partial charge < -0.3 is 18.8 Å². The number of hydrogen-bond acceptors (Lipinski definition) is 6. The fourth-order valence-electron chi connectivity index (χ4n) is 2.99. The smallest absolute Gasteiger partial charge is 0.410 e. The fourth-order valence-corrected chi connectivity index (χ4v) is 2.99. The molecule has 0 atom stereocenters. The van der Waals surface area contributed by atoms with Crippen LogP contribution in [0.5, 0.6) is 0 Å². The highest BCUT2D eigenvalue weighted by Gasteiger charge is 2.30. The van der Waals surface area contributed by atoms with Crippen LogP contribution in [0.4, 0.5) is 4.79 Å². The third kappa shape index (κ3) is 5.34. The Morgan fingerprint density at radius 1 is 1.18 bits per heavy atom. The third-order valence-electron chi connectivity index (χ3n) is 4.43.